The quantitative estimate of drug-likeness (QED) is 0.603. The van der Waals surface area contributed by atoms with Gasteiger partial charge in [0.15, 0.2) is 0 Å². The molecule has 0 fully saturated rings. The van der Waals surface area contributed by atoms with Crippen molar-refractivity contribution in [3.05, 3.63) is 24.3 Å². The Balaban J connectivity index is 2.76. The molecule has 13 heavy (non-hydrogen) atoms. The highest BCUT2D eigenvalue weighted by Gasteiger charge is 2.14. The molecule has 1 amide bonds. The van der Waals surface area contributed by atoms with Crippen molar-refractivity contribution >= 4 is 12.1 Å². The smallest absolute Gasteiger partial charge is 0.262 e. The number of nitrogens with zero attached hydrogens (tertiary/aromatic N) is 1. The van der Waals surface area contributed by atoms with Crippen molar-refractivity contribution in [2.45, 2.75) is 19.4 Å². The highest BCUT2D eigenvalue weighted by Crippen LogP contribution is 2.08. The Bertz CT molecular complexity index is 266. The lowest BCUT2D eigenvalue weighted by atomic mass is 10.0. The van der Waals surface area contributed by atoms with Crippen LogP contribution in [0.15, 0.2) is 29.3 Å². The number of allylic oxidation sites excluding steroid dienone is 4. The molecule has 0 saturated carbocycles. The molecule has 70 valence electrons. The van der Waals surface area contributed by atoms with Gasteiger partial charge in [0, 0.05) is 6.21 Å². The molecular weight excluding hydrogens is 164 g/mol. The minimum Gasteiger partial charge on any atom is -0.320 e. The first-order valence-corrected chi connectivity index (χ1v) is 4.37. The van der Waals surface area contributed by atoms with Gasteiger partial charge in [-0.2, -0.15) is 0 Å². The maximum absolute atomic E-state index is 11.2. The van der Waals surface area contributed by atoms with Crippen LogP contribution in [0.1, 0.15) is 13.3 Å². The third-order valence-electron chi connectivity index (χ3n) is 1.89. The van der Waals surface area contributed by atoms with Gasteiger partial charge in [0.05, 0.1) is 6.04 Å². The molecule has 1 aliphatic rings. The zero-order valence-corrected chi connectivity index (χ0v) is 7.68. The number of hydrogen-bond donors (Lipinski definition) is 1. The first-order valence-electron chi connectivity index (χ1n) is 4.37. The summed E-state index contributed by atoms with van der Waals surface area (Å²) in [7, 11) is 0. The van der Waals surface area contributed by atoms with Crippen LogP contribution in [0.4, 0.5) is 0 Å². The van der Waals surface area contributed by atoms with Gasteiger partial charge < -0.3 is 5.73 Å². The van der Waals surface area contributed by atoms with Gasteiger partial charge in [-0.15, -0.1) is 0 Å². The molecule has 0 aromatic heterocycles. The SMILES string of the molecule is CC1\C=C/C=C\C=N\C(=O)C(N)C1. The van der Waals surface area contributed by atoms with E-state index >= 15 is 0 Å². The van der Waals surface area contributed by atoms with Crippen LogP contribution in [-0.2, 0) is 4.79 Å². The summed E-state index contributed by atoms with van der Waals surface area (Å²) in [6, 6.07) is -0.470. The van der Waals surface area contributed by atoms with Crippen molar-refractivity contribution in [2.75, 3.05) is 0 Å². The summed E-state index contributed by atoms with van der Waals surface area (Å²) in [5.74, 6) is 0.0729. The van der Waals surface area contributed by atoms with Gasteiger partial charge in [-0.05, 0) is 18.4 Å². The molecular formula is C10H14N2O. The predicted octanol–water partition coefficient (Wildman–Crippen LogP) is 1.06. The molecule has 0 spiro atoms. The molecule has 0 aromatic rings. The van der Waals surface area contributed by atoms with E-state index in [2.05, 4.69) is 4.99 Å². The number of carbonyl (C=O) groups is 1. The Morgan fingerprint density at radius 1 is 1.46 bits per heavy atom. The van der Waals surface area contributed by atoms with Crippen LogP contribution in [0.25, 0.3) is 0 Å². The van der Waals surface area contributed by atoms with Crippen molar-refractivity contribution in [1.29, 1.82) is 0 Å². The monoisotopic (exact) mass is 178 g/mol. The molecule has 0 aliphatic carbocycles. The summed E-state index contributed by atoms with van der Waals surface area (Å²) in [6.45, 7) is 2.03. The summed E-state index contributed by atoms with van der Waals surface area (Å²) in [4.78, 5) is 14.9. The topological polar surface area (TPSA) is 55.5 Å². The van der Waals surface area contributed by atoms with Gasteiger partial charge in [0.25, 0.3) is 5.91 Å². The number of carbonyl (C=O) groups excluding carboxylic acids is 1. The molecule has 0 bridgehead atoms. The van der Waals surface area contributed by atoms with Gasteiger partial charge in [-0.3, -0.25) is 4.79 Å². The Labute approximate surface area is 78.0 Å². The molecule has 2 atom stereocenters. The summed E-state index contributed by atoms with van der Waals surface area (Å²) in [5, 5.41) is 0. The van der Waals surface area contributed by atoms with E-state index in [1.165, 1.54) is 6.21 Å². The lowest BCUT2D eigenvalue weighted by Gasteiger charge is -2.10. The van der Waals surface area contributed by atoms with E-state index in [0.29, 0.717) is 12.3 Å². The number of hydrogen-bond acceptors (Lipinski definition) is 2. The zero-order chi connectivity index (χ0) is 9.68. The van der Waals surface area contributed by atoms with Crippen molar-refractivity contribution in [3.63, 3.8) is 0 Å². The first-order chi connectivity index (χ1) is 6.20. The van der Waals surface area contributed by atoms with Gasteiger partial charge in [0.1, 0.15) is 0 Å². The van der Waals surface area contributed by atoms with E-state index in [0.717, 1.165) is 0 Å². The fourth-order valence-electron chi connectivity index (χ4n) is 1.16. The van der Waals surface area contributed by atoms with Crippen molar-refractivity contribution in [3.8, 4) is 0 Å². The Morgan fingerprint density at radius 2 is 2.23 bits per heavy atom. The molecule has 1 aliphatic heterocycles. The highest BCUT2D eigenvalue weighted by atomic mass is 16.1. The molecule has 0 radical (unpaired) electrons. The van der Waals surface area contributed by atoms with E-state index in [4.69, 9.17) is 5.73 Å². The van der Waals surface area contributed by atoms with Crippen molar-refractivity contribution < 1.29 is 4.79 Å². The maximum Gasteiger partial charge on any atom is 0.262 e. The Hall–Kier alpha value is -1.22. The lowest BCUT2D eigenvalue weighted by Crippen LogP contribution is -2.30. The van der Waals surface area contributed by atoms with Crippen LogP contribution in [0, 0.1) is 5.92 Å². The maximum atomic E-state index is 11.2. The van der Waals surface area contributed by atoms with Gasteiger partial charge in [0.2, 0.25) is 0 Å². The zero-order valence-electron chi connectivity index (χ0n) is 7.68. The second-order valence-corrected chi connectivity index (χ2v) is 3.21. The highest BCUT2D eigenvalue weighted by molar-refractivity contribution is 5.91. The van der Waals surface area contributed by atoms with Crippen molar-refractivity contribution in [1.82, 2.24) is 0 Å². The summed E-state index contributed by atoms with van der Waals surface area (Å²) >= 11 is 0. The Morgan fingerprint density at radius 3 is 3.00 bits per heavy atom. The Kier molecular flexibility index (Phi) is 3.58. The molecule has 0 saturated heterocycles. The van der Waals surface area contributed by atoms with E-state index in [1.54, 1.807) is 6.08 Å². The van der Waals surface area contributed by atoms with Crippen LogP contribution in [0.5, 0.6) is 0 Å². The predicted molar refractivity (Wildman–Crippen MR) is 53.5 cm³/mol. The summed E-state index contributed by atoms with van der Waals surface area (Å²) < 4.78 is 0. The van der Waals surface area contributed by atoms with E-state index < -0.39 is 6.04 Å². The molecule has 3 nitrogen and oxygen atoms in total. The normalized spacial score (nSPS) is 36.6. The van der Waals surface area contributed by atoms with Gasteiger partial charge in [-0.1, -0.05) is 25.2 Å². The molecule has 0 aromatic carbocycles. The van der Waals surface area contributed by atoms with E-state index in [-0.39, 0.29) is 5.91 Å². The van der Waals surface area contributed by atoms with E-state index in [9.17, 15) is 4.79 Å². The average molecular weight is 178 g/mol. The van der Waals surface area contributed by atoms with Crippen molar-refractivity contribution in [2.24, 2.45) is 16.6 Å². The molecule has 3 heteroatoms. The minimum atomic E-state index is -0.470. The van der Waals surface area contributed by atoms with Crippen LogP contribution in [-0.4, -0.2) is 18.2 Å². The fourth-order valence-corrected chi connectivity index (χ4v) is 1.16. The minimum absolute atomic E-state index is 0.244. The first kappa shape index (κ1) is 9.86. The standard InChI is InChI=1S/C10H14N2O/c1-8-5-3-2-4-6-12-10(13)9(11)7-8/h2-6,8-9H,7,11H2,1H3/b4-2-,5-3-,12-6+. The lowest BCUT2D eigenvalue weighted by molar-refractivity contribution is -0.119. The summed E-state index contributed by atoms with van der Waals surface area (Å²) in [6.07, 6.45) is 9.67. The summed E-state index contributed by atoms with van der Waals surface area (Å²) in [5.41, 5.74) is 5.64. The molecule has 1 rings (SSSR count). The average Bonchev–Trinajstić information content (AvgIpc) is 2.09. The van der Waals surface area contributed by atoms with Crippen LogP contribution >= 0.6 is 0 Å². The molecule has 1 heterocycles. The molecule has 2 N–H and O–H groups in total. The number of aliphatic imine (C=N–C) groups is 1. The van der Waals surface area contributed by atoms with Crippen LogP contribution < -0.4 is 5.73 Å². The molecule has 2 unspecified atom stereocenters. The fraction of sp³-hybridized carbons (Fsp3) is 0.400. The third kappa shape index (κ3) is 3.34. The largest absolute Gasteiger partial charge is 0.320 e. The van der Waals surface area contributed by atoms with Crippen LogP contribution in [0.3, 0.4) is 0 Å². The number of rotatable bonds is 0. The van der Waals surface area contributed by atoms with E-state index in [1.807, 2.05) is 25.2 Å². The van der Waals surface area contributed by atoms with Gasteiger partial charge in [-0.25, -0.2) is 4.99 Å². The third-order valence-corrected chi connectivity index (χ3v) is 1.89. The second kappa shape index (κ2) is 4.72. The number of amides is 1. The number of nitrogens with two attached hydrogens (primary N) is 1. The van der Waals surface area contributed by atoms with Crippen LogP contribution in [0.2, 0.25) is 0 Å². The van der Waals surface area contributed by atoms with Gasteiger partial charge >= 0.3 is 0 Å². The second-order valence-electron chi connectivity index (χ2n) is 3.21.